The number of para-hydroxylation sites is 2. The van der Waals surface area contributed by atoms with Crippen LogP contribution in [0.3, 0.4) is 0 Å². The van der Waals surface area contributed by atoms with Crippen LogP contribution in [0.4, 0.5) is 13.2 Å². The third kappa shape index (κ3) is 4.61. The second-order valence-corrected chi connectivity index (χ2v) is 7.54. The van der Waals surface area contributed by atoms with Crippen LogP contribution in [0.2, 0.25) is 0 Å². The van der Waals surface area contributed by atoms with Gasteiger partial charge in [-0.15, -0.1) is 0 Å². The van der Waals surface area contributed by atoms with Crippen LogP contribution in [0.25, 0.3) is 22.1 Å². The van der Waals surface area contributed by atoms with E-state index in [0.29, 0.717) is 22.1 Å². The number of amides is 1. The number of hydrogen-bond donors (Lipinski definition) is 1. The zero-order chi connectivity index (χ0) is 21.1. The molecular formula is C23H22F3NO3. The first kappa shape index (κ1) is 20.3. The summed E-state index contributed by atoms with van der Waals surface area (Å²) in [6.45, 7) is -1.38. The predicted octanol–water partition coefficient (Wildman–Crippen LogP) is 6.10. The number of furan rings is 1. The van der Waals surface area contributed by atoms with Gasteiger partial charge in [0.1, 0.15) is 11.3 Å². The Morgan fingerprint density at radius 3 is 2.53 bits per heavy atom. The highest BCUT2D eigenvalue weighted by molar-refractivity contribution is 6.00. The van der Waals surface area contributed by atoms with Gasteiger partial charge in [0.15, 0.2) is 12.4 Å². The van der Waals surface area contributed by atoms with Crippen molar-refractivity contribution in [2.45, 2.75) is 44.3 Å². The highest BCUT2D eigenvalue weighted by atomic mass is 19.4. The number of ether oxygens (including phenoxy) is 1. The van der Waals surface area contributed by atoms with E-state index in [1.807, 2.05) is 0 Å². The highest BCUT2D eigenvalue weighted by Crippen LogP contribution is 2.37. The summed E-state index contributed by atoms with van der Waals surface area (Å²) in [4.78, 5) is 12.7. The molecule has 0 unspecified atom stereocenters. The summed E-state index contributed by atoms with van der Waals surface area (Å²) >= 11 is 0. The van der Waals surface area contributed by atoms with E-state index < -0.39 is 12.8 Å². The number of rotatable bonds is 5. The van der Waals surface area contributed by atoms with Crippen molar-refractivity contribution < 1.29 is 27.1 Å². The molecule has 1 amide bonds. The molecule has 4 rings (SSSR count). The van der Waals surface area contributed by atoms with Crippen LogP contribution in [0.15, 0.2) is 52.9 Å². The van der Waals surface area contributed by atoms with Crippen LogP contribution in [0, 0.1) is 0 Å². The summed E-state index contributed by atoms with van der Waals surface area (Å²) in [7, 11) is 0. The van der Waals surface area contributed by atoms with Crippen molar-refractivity contribution in [3.63, 3.8) is 0 Å². The Labute approximate surface area is 172 Å². The smallest absolute Gasteiger partial charge is 0.422 e. The number of nitrogens with one attached hydrogen (secondary N) is 1. The van der Waals surface area contributed by atoms with Gasteiger partial charge in [0.2, 0.25) is 0 Å². The van der Waals surface area contributed by atoms with E-state index >= 15 is 0 Å². The highest BCUT2D eigenvalue weighted by Gasteiger charge is 2.29. The van der Waals surface area contributed by atoms with Gasteiger partial charge >= 0.3 is 6.18 Å². The second kappa shape index (κ2) is 8.42. The zero-order valence-corrected chi connectivity index (χ0v) is 16.3. The minimum Gasteiger partial charge on any atom is -0.483 e. The Morgan fingerprint density at radius 1 is 1.03 bits per heavy atom. The number of fused-ring (bicyclic) bond motifs is 1. The number of halogens is 3. The maximum atomic E-state index is 12.7. The Kier molecular flexibility index (Phi) is 5.70. The summed E-state index contributed by atoms with van der Waals surface area (Å²) in [5.41, 5.74) is 1.48. The van der Waals surface area contributed by atoms with Gasteiger partial charge in [0.25, 0.3) is 5.91 Å². The SMILES string of the molecule is O=C(NC1CCCCC1)c1cc2cccc(-c3ccccc3OCC(F)(F)F)c2o1. The Hall–Kier alpha value is -2.96. The summed E-state index contributed by atoms with van der Waals surface area (Å²) in [5, 5.41) is 3.72. The minimum atomic E-state index is -4.44. The lowest BCUT2D eigenvalue weighted by Gasteiger charge is -2.22. The van der Waals surface area contributed by atoms with Crippen LogP contribution in [0.1, 0.15) is 42.7 Å². The van der Waals surface area contributed by atoms with Crippen LogP contribution in [0.5, 0.6) is 5.75 Å². The standard InChI is InChI=1S/C23H22F3NO3/c24-23(25,26)14-29-19-12-5-4-10-17(19)18-11-6-7-15-13-20(30-21(15)18)22(28)27-16-8-2-1-3-9-16/h4-7,10-13,16H,1-3,8-9,14H2,(H,27,28). The average molecular weight is 417 g/mol. The van der Waals surface area contributed by atoms with Crippen molar-refractivity contribution in [2.24, 2.45) is 0 Å². The van der Waals surface area contributed by atoms with Crippen molar-refractivity contribution in [3.05, 3.63) is 54.3 Å². The van der Waals surface area contributed by atoms with Crippen molar-refractivity contribution in [1.29, 1.82) is 0 Å². The van der Waals surface area contributed by atoms with E-state index in [4.69, 9.17) is 9.15 Å². The van der Waals surface area contributed by atoms with Crippen molar-refractivity contribution >= 4 is 16.9 Å². The molecule has 3 aromatic rings. The number of alkyl halides is 3. The van der Waals surface area contributed by atoms with E-state index in [1.165, 1.54) is 12.5 Å². The molecule has 30 heavy (non-hydrogen) atoms. The third-order valence-electron chi connectivity index (χ3n) is 5.28. The Balaban J connectivity index is 1.64. The molecule has 1 saturated carbocycles. The quantitative estimate of drug-likeness (QED) is 0.545. The molecule has 0 bridgehead atoms. The number of hydrogen-bond acceptors (Lipinski definition) is 3. The van der Waals surface area contributed by atoms with Gasteiger partial charge in [-0.2, -0.15) is 13.2 Å². The molecule has 0 spiro atoms. The predicted molar refractivity (Wildman–Crippen MR) is 108 cm³/mol. The van der Waals surface area contributed by atoms with Gasteiger partial charge in [-0.25, -0.2) is 0 Å². The van der Waals surface area contributed by atoms with E-state index in [-0.39, 0.29) is 23.5 Å². The molecule has 1 fully saturated rings. The fourth-order valence-electron chi connectivity index (χ4n) is 3.87. The lowest BCUT2D eigenvalue weighted by molar-refractivity contribution is -0.153. The number of carbonyl (C=O) groups is 1. The van der Waals surface area contributed by atoms with Gasteiger partial charge < -0.3 is 14.5 Å². The van der Waals surface area contributed by atoms with Crippen molar-refractivity contribution in [3.8, 4) is 16.9 Å². The normalized spacial score (nSPS) is 15.3. The molecular weight excluding hydrogens is 395 g/mol. The van der Waals surface area contributed by atoms with Gasteiger partial charge in [-0.3, -0.25) is 4.79 Å². The molecule has 0 aliphatic heterocycles. The van der Waals surface area contributed by atoms with Gasteiger partial charge in [0, 0.05) is 22.6 Å². The van der Waals surface area contributed by atoms with Crippen molar-refractivity contribution in [1.82, 2.24) is 5.32 Å². The Bertz CT molecular complexity index is 1040. The molecule has 1 aliphatic rings. The van der Waals surface area contributed by atoms with Crippen LogP contribution >= 0.6 is 0 Å². The summed E-state index contributed by atoms with van der Waals surface area (Å²) < 4.78 is 48.8. The first-order chi connectivity index (χ1) is 14.4. The summed E-state index contributed by atoms with van der Waals surface area (Å²) in [6, 6.07) is 13.6. The fourth-order valence-corrected chi connectivity index (χ4v) is 3.87. The molecule has 0 atom stereocenters. The lowest BCUT2D eigenvalue weighted by atomic mass is 9.95. The van der Waals surface area contributed by atoms with Crippen LogP contribution in [-0.4, -0.2) is 24.7 Å². The van der Waals surface area contributed by atoms with Gasteiger partial charge in [0.05, 0.1) is 0 Å². The van der Waals surface area contributed by atoms with E-state index in [9.17, 15) is 18.0 Å². The topological polar surface area (TPSA) is 51.5 Å². The van der Waals surface area contributed by atoms with Crippen LogP contribution in [-0.2, 0) is 0 Å². The monoisotopic (exact) mass is 417 g/mol. The molecule has 0 saturated heterocycles. The molecule has 7 heteroatoms. The maximum Gasteiger partial charge on any atom is 0.422 e. The lowest BCUT2D eigenvalue weighted by Crippen LogP contribution is -2.35. The summed E-state index contributed by atoms with van der Waals surface area (Å²) in [6.07, 6.45) is 0.876. The number of benzene rings is 2. The van der Waals surface area contributed by atoms with Gasteiger partial charge in [-0.05, 0) is 25.0 Å². The minimum absolute atomic E-state index is 0.104. The molecule has 2 aromatic carbocycles. The molecule has 1 aromatic heterocycles. The second-order valence-electron chi connectivity index (χ2n) is 7.54. The molecule has 4 nitrogen and oxygen atoms in total. The van der Waals surface area contributed by atoms with Gasteiger partial charge in [-0.1, -0.05) is 55.7 Å². The Morgan fingerprint density at radius 2 is 1.77 bits per heavy atom. The molecule has 1 N–H and O–H groups in total. The van der Waals surface area contributed by atoms with E-state index in [0.717, 1.165) is 25.7 Å². The molecule has 158 valence electrons. The van der Waals surface area contributed by atoms with E-state index in [1.54, 1.807) is 42.5 Å². The third-order valence-corrected chi connectivity index (χ3v) is 5.28. The zero-order valence-electron chi connectivity index (χ0n) is 16.3. The van der Waals surface area contributed by atoms with E-state index in [2.05, 4.69) is 5.32 Å². The molecule has 1 aliphatic carbocycles. The number of carbonyl (C=O) groups excluding carboxylic acids is 1. The van der Waals surface area contributed by atoms with Crippen LogP contribution < -0.4 is 10.1 Å². The fraction of sp³-hybridized carbons (Fsp3) is 0.348. The maximum absolute atomic E-state index is 12.7. The molecule has 1 heterocycles. The van der Waals surface area contributed by atoms with Crippen molar-refractivity contribution in [2.75, 3.05) is 6.61 Å². The summed E-state index contributed by atoms with van der Waals surface area (Å²) in [5.74, 6) is 0.0225. The average Bonchev–Trinajstić information content (AvgIpc) is 3.17. The first-order valence-corrected chi connectivity index (χ1v) is 10.0. The largest absolute Gasteiger partial charge is 0.483 e. The molecule has 0 radical (unpaired) electrons. The first-order valence-electron chi connectivity index (χ1n) is 10.0.